The summed E-state index contributed by atoms with van der Waals surface area (Å²) in [7, 11) is 0. The van der Waals surface area contributed by atoms with Gasteiger partial charge < -0.3 is 14.8 Å². The van der Waals surface area contributed by atoms with Gasteiger partial charge in [0, 0.05) is 5.56 Å². The van der Waals surface area contributed by atoms with Crippen molar-refractivity contribution in [1.82, 2.24) is 5.32 Å². The molecule has 2 N–H and O–H groups in total. The van der Waals surface area contributed by atoms with Crippen LogP contribution in [0.1, 0.15) is 49.9 Å². The number of hydrogen-bond donors (Lipinski definition) is 2. The zero-order chi connectivity index (χ0) is 21.8. The molecule has 30 heavy (non-hydrogen) atoms. The topological polar surface area (TPSA) is 59.6 Å². The summed E-state index contributed by atoms with van der Waals surface area (Å²) >= 11 is 5.28. The van der Waals surface area contributed by atoms with Crippen LogP contribution in [-0.4, -0.2) is 24.2 Å². The molecule has 0 saturated carbocycles. The summed E-state index contributed by atoms with van der Waals surface area (Å²) in [6.07, 6.45) is 4.63. The highest BCUT2D eigenvalue weighted by molar-refractivity contribution is 7.80. The van der Waals surface area contributed by atoms with Crippen LogP contribution in [0.2, 0.25) is 0 Å². The molecule has 0 bridgehead atoms. The van der Waals surface area contributed by atoms with Gasteiger partial charge in [-0.2, -0.15) is 0 Å². The Kier molecular flexibility index (Phi) is 9.87. The van der Waals surface area contributed by atoms with E-state index in [0.29, 0.717) is 30.2 Å². The van der Waals surface area contributed by atoms with Crippen molar-refractivity contribution in [2.24, 2.45) is 0 Å². The molecule has 0 radical (unpaired) electrons. The Balaban J connectivity index is 1.86. The SMILES string of the molecule is C=C(C)COc1ccccc1NC(=S)NC(=O)c1ccc(OCCCCCC)cc1. The van der Waals surface area contributed by atoms with Crippen molar-refractivity contribution >= 4 is 28.9 Å². The highest BCUT2D eigenvalue weighted by atomic mass is 32.1. The molecule has 0 saturated heterocycles. The van der Waals surface area contributed by atoms with Crippen LogP contribution in [0.4, 0.5) is 5.69 Å². The lowest BCUT2D eigenvalue weighted by molar-refractivity contribution is 0.0977. The zero-order valence-corrected chi connectivity index (χ0v) is 18.5. The molecule has 0 aromatic heterocycles. The summed E-state index contributed by atoms with van der Waals surface area (Å²) in [5, 5.41) is 5.90. The standard InChI is InChI=1S/C24H30N2O3S/c1-4-5-6-9-16-28-20-14-12-19(13-15-20)23(27)26-24(30)25-21-10-7-8-11-22(21)29-17-18(2)3/h7-8,10-15H,2,4-6,9,16-17H2,1,3H3,(H2,25,26,27,30). The molecular weight excluding hydrogens is 396 g/mol. The lowest BCUT2D eigenvalue weighted by Gasteiger charge is -2.14. The van der Waals surface area contributed by atoms with Gasteiger partial charge in [0.2, 0.25) is 0 Å². The van der Waals surface area contributed by atoms with Gasteiger partial charge in [-0.05, 0) is 67.5 Å². The highest BCUT2D eigenvalue weighted by Crippen LogP contribution is 2.24. The maximum atomic E-state index is 12.5. The minimum atomic E-state index is -0.290. The van der Waals surface area contributed by atoms with Gasteiger partial charge in [0.15, 0.2) is 5.11 Å². The number of carbonyl (C=O) groups excluding carboxylic acids is 1. The molecule has 6 heteroatoms. The number of benzene rings is 2. The second kappa shape index (κ2) is 12.6. The van der Waals surface area contributed by atoms with Crippen LogP contribution in [0.3, 0.4) is 0 Å². The van der Waals surface area contributed by atoms with Gasteiger partial charge in [-0.3, -0.25) is 10.1 Å². The van der Waals surface area contributed by atoms with E-state index in [4.69, 9.17) is 21.7 Å². The van der Waals surface area contributed by atoms with Crippen molar-refractivity contribution in [3.8, 4) is 11.5 Å². The van der Waals surface area contributed by atoms with E-state index in [9.17, 15) is 4.79 Å². The smallest absolute Gasteiger partial charge is 0.257 e. The predicted molar refractivity (Wildman–Crippen MR) is 127 cm³/mol. The van der Waals surface area contributed by atoms with E-state index in [2.05, 4.69) is 24.1 Å². The first-order valence-corrected chi connectivity index (χ1v) is 10.6. The minimum absolute atomic E-state index is 0.197. The fraction of sp³-hybridized carbons (Fsp3) is 0.333. The molecule has 160 valence electrons. The molecule has 2 aromatic carbocycles. The number of hydrogen-bond acceptors (Lipinski definition) is 4. The summed E-state index contributed by atoms with van der Waals surface area (Å²) in [5.74, 6) is 1.10. The molecule has 0 atom stereocenters. The maximum absolute atomic E-state index is 12.5. The van der Waals surface area contributed by atoms with Crippen molar-refractivity contribution in [2.45, 2.75) is 39.5 Å². The number of amides is 1. The van der Waals surface area contributed by atoms with E-state index in [0.717, 1.165) is 17.7 Å². The van der Waals surface area contributed by atoms with E-state index in [1.54, 1.807) is 24.3 Å². The molecule has 0 heterocycles. The summed E-state index contributed by atoms with van der Waals surface area (Å²) in [6.45, 7) is 9.00. The molecule has 2 aromatic rings. The number of rotatable bonds is 11. The number of para-hydroxylation sites is 2. The van der Waals surface area contributed by atoms with Crippen molar-refractivity contribution in [3.05, 3.63) is 66.2 Å². The normalized spacial score (nSPS) is 10.2. The van der Waals surface area contributed by atoms with E-state index < -0.39 is 0 Å². The first-order valence-electron chi connectivity index (χ1n) is 10.2. The molecule has 0 fully saturated rings. The second-order valence-electron chi connectivity index (χ2n) is 7.08. The number of anilines is 1. The van der Waals surface area contributed by atoms with Crippen molar-refractivity contribution in [3.63, 3.8) is 0 Å². The van der Waals surface area contributed by atoms with Crippen LogP contribution in [0.15, 0.2) is 60.7 Å². The van der Waals surface area contributed by atoms with Crippen LogP contribution in [0.5, 0.6) is 11.5 Å². The van der Waals surface area contributed by atoms with Gasteiger partial charge in [-0.25, -0.2) is 0 Å². The number of carbonyl (C=O) groups is 1. The molecule has 2 rings (SSSR count). The lowest BCUT2D eigenvalue weighted by Crippen LogP contribution is -2.34. The Morgan fingerprint density at radius 3 is 2.47 bits per heavy atom. The number of unbranched alkanes of at least 4 members (excludes halogenated alkanes) is 3. The Labute approximate surface area is 184 Å². The molecule has 0 aliphatic rings. The number of ether oxygens (including phenoxy) is 2. The average Bonchev–Trinajstić information content (AvgIpc) is 2.73. The summed E-state index contributed by atoms with van der Waals surface area (Å²) in [5.41, 5.74) is 2.09. The van der Waals surface area contributed by atoms with Crippen LogP contribution in [0.25, 0.3) is 0 Å². The summed E-state index contributed by atoms with van der Waals surface area (Å²) < 4.78 is 11.4. The number of nitrogens with one attached hydrogen (secondary N) is 2. The molecular formula is C24H30N2O3S. The van der Waals surface area contributed by atoms with Crippen LogP contribution >= 0.6 is 12.2 Å². The lowest BCUT2D eigenvalue weighted by atomic mass is 10.2. The quantitative estimate of drug-likeness (QED) is 0.273. The van der Waals surface area contributed by atoms with Gasteiger partial charge in [0.1, 0.15) is 18.1 Å². The van der Waals surface area contributed by atoms with E-state index in [-0.39, 0.29) is 11.0 Å². The average molecular weight is 427 g/mol. The summed E-state index contributed by atoms with van der Waals surface area (Å²) in [4.78, 5) is 12.5. The molecule has 0 aliphatic carbocycles. The van der Waals surface area contributed by atoms with Crippen LogP contribution < -0.4 is 20.1 Å². The molecule has 0 spiro atoms. The Bertz CT molecular complexity index is 850. The maximum Gasteiger partial charge on any atom is 0.257 e. The van der Waals surface area contributed by atoms with Crippen molar-refractivity contribution < 1.29 is 14.3 Å². The van der Waals surface area contributed by atoms with E-state index >= 15 is 0 Å². The van der Waals surface area contributed by atoms with E-state index in [1.165, 1.54) is 19.3 Å². The van der Waals surface area contributed by atoms with Crippen LogP contribution in [0, 0.1) is 0 Å². The van der Waals surface area contributed by atoms with Gasteiger partial charge in [-0.15, -0.1) is 0 Å². The molecule has 1 amide bonds. The third kappa shape index (κ3) is 8.25. The van der Waals surface area contributed by atoms with Gasteiger partial charge in [0.25, 0.3) is 5.91 Å². The predicted octanol–water partition coefficient (Wildman–Crippen LogP) is 5.73. The van der Waals surface area contributed by atoms with Crippen LogP contribution in [-0.2, 0) is 0 Å². The fourth-order valence-electron chi connectivity index (χ4n) is 2.65. The highest BCUT2D eigenvalue weighted by Gasteiger charge is 2.10. The van der Waals surface area contributed by atoms with Gasteiger partial charge in [0.05, 0.1) is 12.3 Å². The minimum Gasteiger partial charge on any atom is -0.494 e. The molecule has 0 aliphatic heterocycles. The van der Waals surface area contributed by atoms with E-state index in [1.807, 2.05) is 31.2 Å². The summed E-state index contributed by atoms with van der Waals surface area (Å²) in [6, 6.07) is 14.4. The first kappa shape index (κ1) is 23.4. The monoisotopic (exact) mass is 426 g/mol. The first-order chi connectivity index (χ1) is 14.5. The Morgan fingerprint density at radius 2 is 1.77 bits per heavy atom. The van der Waals surface area contributed by atoms with Gasteiger partial charge >= 0.3 is 0 Å². The zero-order valence-electron chi connectivity index (χ0n) is 17.7. The Morgan fingerprint density at radius 1 is 1.03 bits per heavy atom. The van der Waals surface area contributed by atoms with Crippen molar-refractivity contribution in [2.75, 3.05) is 18.5 Å². The second-order valence-corrected chi connectivity index (χ2v) is 7.49. The van der Waals surface area contributed by atoms with Gasteiger partial charge in [-0.1, -0.05) is 44.9 Å². The molecule has 5 nitrogen and oxygen atoms in total. The fourth-order valence-corrected chi connectivity index (χ4v) is 2.85. The third-order valence-electron chi connectivity index (χ3n) is 4.22. The number of thiocarbonyl (C=S) groups is 1. The third-order valence-corrected chi connectivity index (χ3v) is 4.42. The molecule has 0 unspecified atom stereocenters. The Hall–Kier alpha value is -2.86. The largest absolute Gasteiger partial charge is 0.494 e. The van der Waals surface area contributed by atoms with Crippen molar-refractivity contribution in [1.29, 1.82) is 0 Å².